The fraction of sp³-hybridized carbons (Fsp3) is 0.400. The molecule has 0 spiro atoms. The Morgan fingerprint density at radius 3 is 2.47 bits per heavy atom. The third-order valence-electron chi connectivity index (χ3n) is 3.58. The molecule has 1 unspecified atom stereocenters. The van der Waals surface area contributed by atoms with Gasteiger partial charge in [0.15, 0.2) is 0 Å². The highest BCUT2D eigenvalue weighted by Crippen LogP contribution is 2.31. The lowest BCUT2D eigenvalue weighted by Crippen LogP contribution is -2.11. The van der Waals surface area contributed by atoms with Crippen LogP contribution in [0.4, 0.5) is 0 Å². The van der Waals surface area contributed by atoms with Crippen molar-refractivity contribution in [2.75, 3.05) is 0 Å². The molecular formula is C15H19NO. The maximum atomic E-state index is 11.0. The SMILES string of the molecule is CC(C1=CCCCC1)c1ccc(C(N)=O)cc1. The molecule has 1 aromatic carbocycles. The Balaban J connectivity index is 2.16. The monoisotopic (exact) mass is 229 g/mol. The Kier molecular flexibility index (Phi) is 3.62. The van der Waals surface area contributed by atoms with E-state index in [0.717, 1.165) is 0 Å². The number of hydrogen-bond acceptors (Lipinski definition) is 1. The van der Waals surface area contributed by atoms with Gasteiger partial charge >= 0.3 is 0 Å². The Labute approximate surface area is 103 Å². The van der Waals surface area contributed by atoms with Gasteiger partial charge in [0.1, 0.15) is 0 Å². The number of carbonyl (C=O) groups is 1. The fourth-order valence-electron chi connectivity index (χ4n) is 2.41. The summed E-state index contributed by atoms with van der Waals surface area (Å²) in [6.45, 7) is 2.23. The molecule has 0 aliphatic heterocycles. The molecule has 1 aromatic rings. The molecule has 2 rings (SSSR count). The second kappa shape index (κ2) is 5.17. The van der Waals surface area contributed by atoms with E-state index in [0.29, 0.717) is 11.5 Å². The van der Waals surface area contributed by atoms with Crippen LogP contribution in [-0.4, -0.2) is 5.91 Å². The maximum Gasteiger partial charge on any atom is 0.248 e. The van der Waals surface area contributed by atoms with Gasteiger partial charge in [-0.2, -0.15) is 0 Å². The van der Waals surface area contributed by atoms with Crippen LogP contribution in [0.1, 0.15) is 54.4 Å². The molecule has 2 heteroatoms. The van der Waals surface area contributed by atoms with E-state index in [-0.39, 0.29) is 5.91 Å². The topological polar surface area (TPSA) is 43.1 Å². The predicted octanol–water partition coefficient (Wildman–Crippen LogP) is 3.39. The largest absolute Gasteiger partial charge is 0.366 e. The number of carbonyl (C=O) groups excluding carboxylic acids is 1. The molecule has 1 aliphatic rings. The Hall–Kier alpha value is -1.57. The molecule has 0 saturated heterocycles. The predicted molar refractivity (Wildman–Crippen MR) is 69.9 cm³/mol. The van der Waals surface area contributed by atoms with Crippen molar-refractivity contribution < 1.29 is 4.79 Å². The molecule has 0 fully saturated rings. The molecule has 1 atom stereocenters. The van der Waals surface area contributed by atoms with E-state index in [2.05, 4.69) is 13.0 Å². The zero-order valence-electron chi connectivity index (χ0n) is 10.3. The number of amides is 1. The summed E-state index contributed by atoms with van der Waals surface area (Å²) in [5.74, 6) is 0.0957. The lowest BCUT2D eigenvalue weighted by atomic mass is 9.86. The molecule has 1 amide bonds. The average molecular weight is 229 g/mol. The number of rotatable bonds is 3. The van der Waals surface area contributed by atoms with Crippen molar-refractivity contribution in [1.82, 2.24) is 0 Å². The standard InChI is InChI=1S/C15H19NO/c1-11(12-5-3-2-4-6-12)13-7-9-14(10-8-13)15(16)17/h5,7-11H,2-4,6H2,1H3,(H2,16,17). The van der Waals surface area contributed by atoms with Gasteiger partial charge in [0.05, 0.1) is 0 Å². The summed E-state index contributed by atoms with van der Waals surface area (Å²) in [6.07, 6.45) is 7.40. The number of hydrogen-bond donors (Lipinski definition) is 1. The van der Waals surface area contributed by atoms with Gasteiger partial charge in [-0.15, -0.1) is 0 Å². The van der Waals surface area contributed by atoms with E-state index >= 15 is 0 Å². The smallest absolute Gasteiger partial charge is 0.248 e. The molecule has 0 heterocycles. The number of nitrogens with two attached hydrogens (primary N) is 1. The minimum atomic E-state index is -0.360. The lowest BCUT2D eigenvalue weighted by Gasteiger charge is -2.20. The highest BCUT2D eigenvalue weighted by atomic mass is 16.1. The molecular weight excluding hydrogens is 210 g/mol. The Bertz CT molecular complexity index is 431. The van der Waals surface area contributed by atoms with Gasteiger partial charge in [-0.05, 0) is 43.4 Å². The molecule has 0 bridgehead atoms. The van der Waals surface area contributed by atoms with Crippen molar-refractivity contribution in [2.45, 2.75) is 38.5 Å². The van der Waals surface area contributed by atoms with E-state index in [9.17, 15) is 4.79 Å². The van der Waals surface area contributed by atoms with Crippen molar-refractivity contribution in [1.29, 1.82) is 0 Å². The molecule has 1 aliphatic carbocycles. The summed E-state index contributed by atoms with van der Waals surface area (Å²) >= 11 is 0. The molecule has 0 saturated carbocycles. The molecule has 0 radical (unpaired) electrons. The van der Waals surface area contributed by atoms with Gasteiger partial charge in [-0.3, -0.25) is 4.79 Å². The second-order valence-electron chi connectivity index (χ2n) is 4.73. The van der Waals surface area contributed by atoms with Crippen LogP contribution in [0.2, 0.25) is 0 Å². The normalized spacial score (nSPS) is 17.4. The Morgan fingerprint density at radius 2 is 1.94 bits per heavy atom. The van der Waals surface area contributed by atoms with Crippen molar-refractivity contribution in [2.24, 2.45) is 5.73 Å². The molecule has 0 aromatic heterocycles. The van der Waals surface area contributed by atoms with Crippen LogP contribution in [0.3, 0.4) is 0 Å². The third-order valence-corrected chi connectivity index (χ3v) is 3.58. The maximum absolute atomic E-state index is 11.0. The van der Waals surface area contributed by atoms with Crippen LogP contribution in [0, 0.1) is 0 Å². The van der Waals surface area contributed by atoms with E-state index in [1.54, 1.807) is 0 Å². The van der Waals surface area contributed by atoms with Crippen LogP contribution in [0.25, 0.3) is 0 Å². The van der Waals surface area contributed by atoms with E-state index < -0.39 is 0 Å². The quantitative estimate of drug-likeness (QED) is 0.793. The van der Waals surface area contributed by atoms with Gasteiger partial charge in [0.25, 0.3) is 0 Å². The third kappa shape index (κ3) is 2.76. The molecule has 90 valence electrons. The van der Waals surface area contributed by atoms with Crippen LogP contribution in [-0.2, 0) is 0 Å². The van der Waals surface area contributed by atoms with Crippen LogP contribution < -0.4 is 5.73 Å². The van der Waals surface area contributed by atoms with Gasteiger partial charge in [0.2, 0.25) is 5.91 Å². The number of allylic oxidation sites excluding steroid dienone is 2. The first kappa shape index (κ1) is 11.9. The zero-order valence-corrected chi connectivity index (χ0v) is 10.3. The minimum absolute atomic E-state index is 0.360. The van der Waals surface area contributed by atoms with E-state index in [4.69, 9.17) is 5.73 Å². The first-order chi connectivity index (χ1) is 8.18. The van der Waals surface area contributed by atoms with Crippen LogP contribution in [0.5, 0.6) is 0 Å². The summed E-state index contributed by atoms with van der Waals surface area (Å²) in [6, 6.07) is 7.66. The summed E-state index contributed by atoms with van der Waals surface area (Å²) in [4.78, 5) is 11.0. The number of benzene rings is 1. The Morgan fingerprint density at radius 1 is 1.24 bits per heavy atom. The van der Waals surface area contributed by atoms with Gasteiger partial charge < -0.3 is 5.73 Å². The van der Waals surface area contributed by atoms with Gasteiger partial charge in [0, 0.05) is 11.5 Å². The zero-order chi connectivity index (χ0) is 12.3. The van der Waals surface area contributed by atoms with E-state index in [1.807, 2.05) is 24.3 Å². The summed E-state index contributed by atoms with van der Waals surface area (Å²) < 4.78 is 0. The fourth-order valence-corrected chi connectivity index (χ4v) is 2.41. The van der Waals surface area contributed by atoms with Crippen LogP contribution >= 0.6 is 0 Å². The van der Waals surface area contributed by atoms with Crippen molar-refractivity contribution >= 4 is 5.91 Å². The highest BCUT2D eigenvalue weighted by molar-refractivity contribution is 5.92. The van der Waals surface area contributed by atoms with Gasteiger partial charge in [-0.1, -0.05) is 30.7 Å². The van der Waals surface area contributed by atoms with Crippen molar-refractivity contribution in [3.8, 4) is 0 Å². The second-order valence-corrected chi connectivity index (χ2v) is 4.73. The first-order valence-corrected chi connectivity index (χ1v) is 6.27. The minimum Gasteiger partial charge on any atom is -0.366 e. The molecule has 2 nitrogen and oxygen atoms in total. The first-order valence-electron chi connectivity index (χ1n) is 6.27. The van der Waals surface area contributed by atoms with E-state index in [1.165, 1.54) is 36.8 Å². The van der Waals surface area contributed by atoms with Crippen LogP contribution in [0.15, 0.2) is 35.9 Å². The van der Waals surface area contributed by atoms with Gasteiger partial charge in [-0.25, -0.2) is 0 Å². The average Bonchev–Trinajstić information content (AvgIpc) is 2.39. The van der Waals surface area contributed by atoms with Crippen molar-refractivity contribution in [3.05, 3.63) is 47.0 Å². The summed E-state index contributed by atoms with van der Waals surface area (Å²) in [5, 5.41) is 0. The summed E-state index contributed by atoms with van der Waals surface area (Å²) in [7, 11) is 0. The number of primary amides is 1. The lowest BCUT2D eigenvalue weighted by molar-refractivity contribution is 0.100. The summed E-state index contributed by atoms with van der Waals surface area (Å²) in [5.41, 5.74) is 8.61. The van der Waals surface area contributed by atoms with Crippen molar-refractivity contribution in [3.63, 3.8) is 0 Å². The molecule has 17 heavy (non-hydrogen) atoms. The highest BCUT2D eigenvalue weighted by Gasteiger charge is 2.13. The molecule has 2 N–H and O–H groups in total.